The molecule has 3 heteroatoms. The quantitative estimate of drug-likeness (QED) is 0.819. The lowest BCUT2D eigenvalue weighted by molar-refractivity contribution is 0.625. The number of nitrogens with one attached hydrogen (secondary N) is 1. The molecule has 1 nitrogen and oxygen atoms in total. The molecule has 0 heterocycles. The summed E-state index contributed by atoms with van der Waals surface area (Å²) in [4.78, 5) is 0. The number of rotatable bonds is 3. The maximum atomic E-state index is 13.1. The lowest BCUT2D eigenvalue weighted by Gasteiger charge is -2.09. The molecule has 0 saturated heterocycles. The first-order valence-electron chi connectivity index (χ1n) is 5.39. The molecule has 0 aliphatic heterocycles. The van der Waals surface area contributed by atoms with Crippen LogP contribution in [-0.2, 0) is 6.54 Å². The largest absolute Gasteiger partial charge is 0.381 e. The predicted molar refractivity (Wildman–Crippen MR) is 77.6 cm³/mol. The van der Waals surface area contributed by atoms with E-state index in [-0.39, 0.29) is 5.82 Å². The second kappa shape index (κ2) is 5.49. The lowest BCUT2D eigenvalue weighted by atomic mass is 10.1. The van der Waals surface area contributed by atoms with E-state index in [0.717, 1.165) is 16.8 Å². The van der Waals surface area contributed by atoms with E-state index in [2.05, 4.69) is 27.9 Å². The zero-order chi connectivity index (χ0) is 12.3. The minimum atomic E-state index is -0.185. The van der Waals surface area contributed by atoms with Gasteiger partial charge in [0.15, 0.2) is 0 Å². The summed E-state index contributed by atoms with van der Waals surface area (Å²) < 4.78 is 14.3. The Kier molecular flexibility index (Phi) is 3.99. The van der Waals surface area contributed by atoms with Crippen molar-refractivity contribution >= 4 is 28.3 Å². The highest BCUT2D eigenvalue weighted by Crippen LogP contribution is 2.15. The van der Waals surface area contributed by atoms with Crippen molar-refractivity contribution in [3.8, 4) is 0 Å². The molecule has 2 aromatic rings. The van der Waals surface area contributed by atoms with E-state index in [1.165, 1.54) is 9.64 Å². The number of hydrogen-bond acceptors (Lipinski definition) is 1. The molecule has 0 fully saturated rings. The van der Waals surface area contributed by atoms with Crippen LogP contribution >= 0.6 is 22.6 Å². The average Bonchev–Trinajstić information content (AvgIpc) is 2.32. The van der Waals surface area contributed by atoms with Crippen LogP contribution in [0.1, 0.15) is 11.1 Å². The third-order valence-electron chi connectivity index (χ3n) is 2.64. The van der Waals surface area contributed by atoms with Gasteiger partial charge in [0.1, 0.15) is 5.82 Å². The molecular formula is C14H13FIN. The Morgan fingerprint density at radius 3 is 2.53 bits per heavy atom. The summed E-state index contributed by atoms with van der Waals surface area (Å²) >= 11 is 2.27. The van der Waals surface area contributed by atoms with Crippen molar-refractivity contribution in [3.05, 3.63) is 63.0 Å². The highest BCUT2D eigenvalue weighted by Gasteiger charge is 2.00. The second-order valence-corrected chi connectivity index (χ2v) is 5.18. The van der Waals surface area contributed by atoms with E-state index < -0.39 is 0 Å². The molecule has 0 spiro atoms. The number of anilines is 1. The topological polar surface area (TPSA) is 12.0 Å². The number of halogens is 2. The summed E-state index contributed by atoms with van der Waals surface area (Å²) in [6.45, 7) is 2.63. The molecule has 1 N–H and O–H groups in total. The molecule has 0 aromatic heterocycles. The fourth-order valence-electron chi connectivity index (χ4n) is 1.60. The average molecular weight is 341 g/mol. The molecule has 0 radical (unpaired) electrons. The van der Waals surface area contributed by atoms with Crippen molar-refractivity contribution in [2.45, 2.75) is 13.5 Å². The summed E-state index contributed by atoms with van der Waals surface area (Å²) in [7, 11) is 0. The summed E-state index contributed by atoms with van der Waals surface area (Å²) in [5, 5.41) is 3.29. The highest BCUT2D eigenvalue weighted by molar-refractivity contribution is 14.1. The van der Waals surface area contributed by atoms with Crippen molar-refractivity contribution in [3.63, 3.8) is 0 Å². The van der Waals surface area contributed by atoms with E-state index in [9.17, 15) is 4.39 Å². The van der Waals surface area contributed by atoms with Crippen LogP contribution in [0.4, 0.5) is 10.1 Å². The summed E-state index contributed by atoms with van der Waals surface area (Å²) in [5.41, 5.74) is 3.14. The van der Waals surface area contributed by atoms with Gasteiger partial charge >= 0.3 is 0 Å². The Bertz CT molecular complexity index is 508. The van der Waals surface area contributed by atoms with Gasteiger partial charge in [-0.1, -0.05) is 6.07 Å². The van der Waals surface area contributed by atoms with E-state index in [0.29, 0.717) is 6.54 Å². The molecule has 88 valence electrons. The van der Waals surface area contributed by atoms with Crippen molar-refractivity contribution in [2.24, 2.45) is 0 Å². The van der Waals surface area contributed by atoms with Gasteiger partial charge in [-0.2, -0.15) is 0 Å². The maximum absolute atomic E-state index is 13.1. The number of aryl methyl sites for hydroxylation is 1. The molecule has 17 heavy (non-hydrogen) atoms. The summed E-state index contributed by atoms with van der Waals surface area (Å²) in [5.74, 6) is -0.185. The Hall–Kier alpha value is -1.10. The Morgan fingerprint density at radius 1 is 1.12 bits per heavy atom. The zero-order valence-electron chi connectivity index (χ0n) is 9.50. The van der Waals surface area contributed by atoms with Crippen LogP contribution in [0, 0.1) is 16.3 Å². The van der Waals surface area contributed by atoms with Gasteiger partial charge in [-0.05, 0) is 77.0 Å². The van der Waals surface area contributed by atoms with Crippen LogP contribution in [-0.4, -0.2) is 0 Å². The lowest BCUT2D eigenvalue weighted by Crippen LogP contribution is -2.01. The molecule has 0 atom stereocenters. The van der Waals surface area contributed by atoms with Crippen LogP contribution in [0.2, 0.25) is 0 Å². The molecule has 0 bridgehead atoms. The van der Waals surface area contributed by atoms with Crippen LogP contribution in [0.25, 0.3) is 0 Å². The first kappa shape index (κ1) is 12.4. The van der Waals surface area contributed by atoms with E-state index in [1.54, 1.807) is 12.1 Å². The van der Waals surface area contributed by atoms with Crippen LogP contribution in [0.5, 0.6) is 0 Å². The Balaban J connectivity index is 2.07. The Labute approximate surface area is 114 Å². The third kappa shape index (κ3) is 3.43. The van der Waals surface area contributed by atoms with Crippen LogP contribution < -0.4 is 5.32 Å². The highest BCUT2D eigenvalue weighted by atomic mass is 127. The van der Waals surface area contributed by atoms with E-state index >= 15 is 0 Å². The number of hydrogen-bond donors (Lipinski definition) is 1. The minimum Gasteiger partial charge on any atom is -0.381 e. The molecule has 0 unspecified atom stereocenters. The van der Waals surface area contributed by atoms with Crippen molar-refractivity contribution < 1.29 is 4.39 Å². The normalized spacial score (nSPS) is 10.3. The molecule has 0 saturated carbocycles. The molecule has 0 aliphatic rings. The summed E-state index contributed by atoms with van der Waals surface area (Å²) in [6.07, 6.45) is 0. The van der Waals surface area contributed by atoms with Gasteiger partial charge in [0, 0.05) is 15.8 Å². The fourth-order valence-corrected chi connectivity index (χ4v) is 1.96. The van der Waals surface area contributed by atoms with Gasteiger partial charge < -0.3 is 5.32 Å². The number of benzene rings is 2. The van der Waals surface area contributed by atoms with Crippen LogP contribution in [0.3, 0.4) is 0 Å². The van der Waals surface area contributed by atoms with E-state index in [1.807, 2.05) is 31.2 Å². The zero-order valence-corrected chi connectivity index (χ0v) is 11.7. The SMILES string of the molecule is Cc1ccc(F)cc1CNc1ccc(I)cc1. The second-order valence-electron chi connectivity index (χ2n) is 3.93. The van der Waals surface area contributed by atoms with Gasteiger partial charge in [0.05, 0.1) is 0 Å². The van der Waals surface area contributed by atoms with Gasteiger partial charge in [-0.3, -0.25) is 0 Å². The van der Waals surface area contributed by atoms with Gasteiger partial charge in [-0.25, -0.2) is 4.39 Å². The monoisotopic (exact) mass is 341 g/mol. The molecule has 0 amide bonds. The molecule has 0 aliphatic carbocycles. The molecule has 2 rings (SSSR count). The maximum Gasteiger partial charge on any atom is 0.123 e. The third-order valence-corrected chi connectivity index (χ3v) is 3.36. The van der Waals surface area contributed by atoms with Crippen molar-refractivity contribution in [2.75, 3.05) is 5.32 Å². The fraction of sp³-hybridized carbons (Fsp3) is 0.143. The van der Waals surface area contributed by atoms with Crippen molar-refractivity contribution in [1.29, 1.82) is 0 Å². The molecule has 2 aromatic carbocycles. The van der Waals surface area contributed by atoms with E-state index in [4.69, 9.17) is 0 Å². The van der Waals surface area contributed by atoms with Gasteiger partial charge in [-0.15, -0.1) is 0 Å². The van der Waals surface area contributed by atoms with Crippen LogP contribution in [0.15, 0.2) is 42.5 Å². The first-order valence-corrected chi connectivity index (χ1v) is 6.47. The Morgan fingerprint density at radius 2 is 1.82 bits per heavy atom. The van der Waals surface area contributed by atoms with Gasteiger partial charge in [0.25, 0.3) is 0 Å². The molecular weight excluding hydrogens is 328 g/mol. The standard InChI is InChI=1S/C14H13FIN/c1-10-2-3-12(15)8-11(10)9-17-14-6-4-13(16)5-7-14/h2-8,17H,9H2,1H3. The first-order chi connectivity index (χ1) is 8.15. The van der Waals surface area contributed by atoms with Crippen molar-refractivity contribution in [1.82, 2.24) is 0 Å². The summed E-state index contributed by atoms with van der Waals surface area (Å²) in [6, 6.07) is 13.0. The minimum absolute atomic E-state index is 0.185. The predicted octanol–water partition coefficient (Wildman–Crippen LogP) is 4.35. The smallest absolute Gasteiger partial charge is 0.123 e. The van der Waals surface area contributed by atoms with Gasteiger partial charge in [0.2, 0.25) is 0 Å².